The summed E-state index contributed by atoms with van der Waals surface area (Å²) in [5.74, 6) is 0.101. The standard InChI is InChI=1S/C21H34N2O2S/c1-2-3-4-5-6-7-8-9-10-11-12-16-20(25)23-21(26)22-18-14-13-15-19(24)17-18/h13-15,17,24H,2-12,16H2,1H3,(H2,22,23,25,26). The van der Waals surface area contributed by atoms with Gasteiger partial charge in [-0.1, -0.05) is 77.2 Å². The summed E-state index contributed by atoms with van der Waals surface area (Å²) >= 11 is 5.12. The molecule has 0 fully saturated rings. The summed E-state index contributed by atoms with van der Waals surface area (Å²) in [6.45, 7) is 2.25. The van der Waals surface area contributed by atoms with E-state index in [1.807, 2.05) is 0 Å². The third kappa shape index (κ3) is 11.9. The molecular formula is C21H34N2O2S. The van der Waals surface area contributed by atoms with Gasteiger partial charge in [-0.15, -0.1) is 0 Å². The number of carbonyl (C=O) groups is 1. The Kier molecular flexibility index (Phi) is 12.5. The van der Waals surface area contributed by atoms with E-state index in [1.165, 1.54) is 57.8 Å². The Morgan fingerprint density at radius 3 is 2.12 bits per heavy atom. The summed E-state index contributed by atoms with van der Waals surface area (Å²) in [7, 11) is 0. The molecule has 0 aliphatic rings. The number of phenolic OH excluding ortho intramolecular Hbond substituents is 1. The number of nitrogens with one attached hydrogen (secondary N) is 2. The molecule has 0 unspecified atom stereocenters. The lowest BCUT2D eigenvalue weighted by Crippen LogP contribution is -2.33. The molecule has 0 atom stereocenters. The molecule has 5 heteroatoms. The molecular weight excluding hydrogens is 344 g/mol. The SMILES string of the molecule is CCCCCCCCCCCCCC(=O)NC(=S)Nc1cccc(O)c1. The van der Waals surface area contributed by atoms with Gasteiger partial charge in [0.25, 0.3) is 0 Å². The fourth-order valence-electron chi connectivity index (χ4n) is 2.88. The molecule has 146 valence electrons. The van der Waals surface area contributed by atoms with Crippen molar-refractivity contribution in [2.45, 2.75) is 84.0 Å². The van der Waals surface area contributed by atoms with E-state index in [0.717, 1.165) is 12.8 Å². The monoisotopic (exact) mass is 378 g/mol. The molecule has 0 aliphatic carbocycles. The average molecular weight is 379 g/mol. The van der Waals surface area contributed by atoms with Crippen molar-refractivity contribution in [2.75, 3.05) is 5.32 Å². The van der Waals surface area contributed by atoms with Gasteiger partial charge in [-0.05, 0) is 30.8 Å². The van der Waals surface area contributed by atoms with Crippen LogP contribution in [0.5, 0.6) is 5.75 Å². The smallest absolute Gasteiger partial charge is 0.226 e. The Labute approximate surface area is 163 Å². The van der Waals surface area contributed by atoms with Crippen LogP contribution in [0.3, 0.4) is 0 Å². The molecule has 3 N–H and O–H groups in total. The molecule has 0 aliphatic heterocycles. The lowest BCUT2D eigenvalue weighted by Gasteiger charge is -2.09. The van der Waals surface area contributed by atoms with E-state index in [-0.39, 0.29) is 16.8 Å². The fraction of sp³-hybridized carbons (Fsp3) is 0.619. The minimum atomic E-state index is -0.0569. The van der Waals surface area contributed by atoms with E-state index in [1.54, 1.807) is 24.3 Å². The molecule has 0 aromatic heterocycles. The van der Waals surface area contributed by atoms with Gasteiger partial charge in [0.1, 0.15) is 5.75 Å². The Bertz CT molecular complexity index is 534. The molecule has 1 aromatic carbocycles. The summed E-state index contributed by atoms with van der Waals surface area (Å²) in [4.78, 5) is 11.9. The first-order chi connectivity index (χ1) is 12.6. The zero-order chi connectivity index (χ0) is 19.0. The van der Waals surface area contributed by atoms with Crippen molar-refractivity contribution in [3.05, 3.63) is 24.3 Å². The number of amides is 1. The van der Waals surface area contributed by atoms with Crippen molar-refractivity contribution in [2.24, 2.45) is 0 Å². The molecule has 4 nitrogen and oxygen atoms in total. The number of thiocarbonyl (C=S) groups is 1. The van der Waals surface area contributed by atoms with Crippen molar-refractivity contribution in [3.8, 4) is 5.75 Å². The van der Waals surface area contributed by atoms with Crippen LogP contribution in [-0.4, -0.2) is 16.1 Å². The Hall–Kier alpha value is -1.62. The first-order valence-corrected chi connectivity index (χ1v) is 10.4. The molecule has 0 bridgehead atoms. The van der Waals surface area contributed by atoms with Crippen LogP contribution in [0.1, 0.15) is 84.0 Å². The van der Waals surface area contributed by atoms with Gasteiger partial charge in [-0.3, -0.25) is 4.79 Å². The van der Waals surface area contributed by atoms with Gasteiger partial charge < -0.3 is 15.7 Å². The van der Waals surface area contributed by atoms with E-state index >= 15 is 0 Å². The maximum absolute atomic E-state index is 11.9. The van der Waals surface area contributed by atoms with Gasteiger partial charge in [0, 0.05) is 18.2 Å². The lowest BCUT2D eigenvalue weighted by atomic mass is 10.1. The third-order valence-electron chi connectivity index (χ3n) is 4.36. The lowest BCUT2D eigenvalue weighted by molar-refractivity contribution is -0.119. The number of rotatable bonds is 13. The van der Waals surface area contributed by atoms with E-state index in [9.17, 15) is 9.90 Å². The van der Waals surface area contributed by atoms with Gasteiger partial charge in [-0.2, -0.15) is 0 Å². The van der Waals surface area contributed by atoms with Crippen molar-refractivity contribution in [1.29, 1.82) is 0 Å². The normalized spacial score (nSPS) is 10.5. The van der Waals surface area contributed by atoms with Gasteiger partial charge >= 0.3 is 0 Å². The predicted octanol–water partition coefficient (Wildman–Crippen LogP) is 5.91. The van der Waals surface area contributed by atoms with Crippen LogP contribution < -0.4 is 10.6 Å². The molecule has 1 aromatic rings. The van der Waals surface area contributed by atoms with Gasteiger partial charge in [0.15, 0.2) is 5.11 Å². The Morgan fingerprint density at radius 1 is 0.962 bits per heavy atom. The highest BCUT2D eigenvalue weighted by atomic mass is 32.1. The first-order valence-electron chi connectivity index (χ1n) is 10.0. The molecule has 1 rings (SSSR count). The van der Waals surface area contributed by atoms with Crippen LogP contribution in [0.25, 0.3) is 0 Å². The summed E-state index contributed by atoms with van der Waals surface area (Å²) in [5, 5.41) is 15.3. The van der Waals surface area contributed by atoms with Crippen molar-refractivity contribution >= 4 is 28.9 Å². The molecule has 0 radical (unpaired) electrons. The molecule has 0 heterocycles. The maximum atomic E-state index is 11.9. The number of hydrogen-bond acceptors (Lipinski definition) is 3. The summed E-state index contributed by atoms with van der Waals surface area (Å²) in [6, 6.07) is 6.64. The van der Waals surface area contributed by atoms with Gasteiger partial charge in [0.05, 0.1) is 0 Å². The Balaban J connectivity index is 1.97. The first kappa shape index (κ1) is 22.4. The van der Waals surface area contributed by atoms with Crippen molar-refractivity contribution in [1.82, 2.24) is 5.32 Å². The number of phenols is 1. The third-order valence-corrected chi connectivity index (χ3v) is 4.57. The summed E-state index contributed by atoms with van der Waals surface area (Å²) in [5.41, 5.74) is 0.657. The van der Waals surface area contributed by atoms with Crippen molar-refractivity contribution in [3.63, 3.8) is 0 Å². The number of hydrogen-bond donors (Lipinski definition) is 3. The van der Waals surface area contributed by atoms with Gasteiger partial charge in [-0.25, -0.2) is 0 Å². The highest BCUT2D eigenvalue weighted by Crippen LogP contribution is 2.15. The zero-order valence-electron chi connectivity index (χ0n) is 16.1. The second kappa shape index (κ2) is 14.5. The molecule has 0 saturated heterocycles. The highest BCUT2D eigenvalue weighted by molar-refractivity contribution is 7.80. The largest absolute Gasteiger partial charge is 0.508 e. The van der Waals surface area contributed by atoms with Crippen LogP contribution in [0.15, 0.2) is 24.3 Å². The average Bonchev–Trinajstić information content (AvgIpc) is 2.59. The topological polar surface area (TPSA) is 61.4 Å². The minimum Gasteiger partial charge on any atom is -0.508 e. The maximum Gasteiger partial charge on any atom is 0.226 e. The number of carbonyl (C=O) groups excluding carboxylic acids is 1. The second-order valence-corrected chi connectivity index (χ2v) is 7.25. The van der Waals surface area contributed by atoms with Crippen LogP contribution in [0, 0.1) is 0 Å². The molecule has 0 saturated carbocycles. The predicted molar refractivity (Wildman–Crippen MR) is 114 cm³/mol. The van der Waals surface area contributed by atoms with Crippen molar-refractivity contribution < 1.29 is 9.90 Å². The number of benzene rings is 1. The zero-order valence-corrected chi connectivity index (χ0v) is 16.9. The molecule has 1 amide bonds. The Morgan fingerprint density at radius 2 is 1.54 bits per heavy atom. The molecule has 0 spiro atoms. The van der Waals surface area contributed by atoms with E-state index in [2.05, 4.69) is 17.6 Å². The fourth-order valence-corrected chi connectivity index (χ4v) is 3.12. The number of anilines is 1. The van der Waals surface area contributed by atoms with E-state index < -0.39 is 0 Å². The second-order valence-electron chi connectivity index (χ2n) is 6.84. The van der Waals surface area contributed by atoms with E-state index in [4.69, 9.17) is 12.2 Å². The van der Waals surface area contributed by atoms with Crippen LogP contribution in [0.4, 0.5) is 5.69 Å². The summed E-state index contributed by atoms with van der Waals surface area (Å²) in [6.07, 6.45) is 14.4. The highest BCUT2D eigenvalue weighted by Gasteiger charge is 2.05. The quantitative estimate of drug-likeness (QED) is 0.295. The summed E-state index contributed by atoms with van der Waals surface area (Å²) < 4.78 is 0. The number of unbranched alkanes of at least 4 members (excludes halogenated alkanes) is 10. The van der Waals surface area contributed by atoms with Crippen LogP contribution >= 0.6 is 12.2 Å². The number of aromatic hydroxyl groups is 1. The van der Waals surface area contributed by atoms with E-state index in [0.29, 0.717) is 12.1 Å². The van der Waals surface area contributed by atoms with Gasteiger partial charge in [0.2, 0.25) is 5.91 Å². The molecule has 26 heavy (non-hydrogen) atoms. The van der Waals surface area contributed by atoms with Crippen LogP contribution in [0.2, 0.25) is 0 Å². The van der Waals surface area contributed by atoms with Crippen LogP contribution in [-0.2, 0) is 4.79 Å². The minimum absolute atomic E-state index is 0.0569.